The lowest BCUT2D eigenvalue weighted by atomic mass is 10.2. The highest BCUT2D eigenvalue weighted by Gasteiger charge is 1.94. The molecule has 0 saturated carbocycles. The van der Waals surface area contributed by atoms with Gasteiger partial charge in [0.25, 0.3) is 0 Å². The SMILES string of the molecule is CN(C)[CH]c1ccc(Cl)cc1. The molecule has 0 aliphatic rings. The summed E-state index contributed by atoms with van der Waals surface area (Å²) in [6, 6.07) is 7.75. The molecule has 0 heterocycles. The summed E-state index contributed by atoms with van der Waals surface area (Å²) < 4.78 is 0. The third-order valence-electron chi connectivity index (χ3n) is 1.28. The van der Waals surface area contributed by atoms with E-state index >= 15 is 0 Å². The van der Waals surface area contributed by atoms with E-state index in [-0.39, 0.29) is 0 Å². The minimum atomic E-state index is 0.779. The molecule has 0 amide bonds. The standard InChI is InChI=1S/C9H11ClN/c1-11(2)7-8-3-5-9(10)6-4-8/h3-7H,1-2H3. The Labute approximate surface area is 72.6 Å². The highest BCUT2D eigenvalue weighted by atomic mass is 35.5. The van der Waals surface area contributed by atoms with E-state index < -0.39 is 0 Å². The molecule has 1 rings (SSSR count). The van der Waals surface area contributed by atoms with E-state index in [1.807, 2.05) is 49.8 Å². The molecule has 1 aromatic rings. The summed E-state index contributed by atoms with van der Waals surface area (Å²) in [6.07, 6.45) is 0. The van der Waals surface area contributed by atoms with E-state index in [9.17, 15) is 0 Å². The van der Waals surface area contributed by atoms with Crippen molar-refractivity contribution >= 4 is 11.6 Å². The predicted octanol–water partition coefficient (Wildman–Crippen LogP) is 2.41. The zero-order chi connectivity index (χ0) is 8.27. The van der Waals surface area contributed by atoms with Crippen LogP contribution in [0.4, 0.5) is 0 Å². The first-order valence-electron chi connectivity index (χ1n) is 3.45. The minimum Gasteiger partial charge on any atom is -0.301 e. The molecule has 1 radical (unpaired) electrons. The maximum atomic E-state index is 5.72. The molecule has 0 aliphatic heterocycles. The molecule has 59 valence electrons. The molecule has 11 heavy (non-hydrogen) atoms. The minimum absolute atomic E-state index is 0.779. The molecular formula is C9H11ClN. The normalized spacial score (nSPS) is 10.5. The van der Waals surface area contributed by atoms with Gasteiger partial charge in [-0.15, -0.1) is 0 Å². The van der Waals surface area contributed by atoms with E-state index in [0.29, 0.717) is 0 Å². The van der Waals surface area contributed by atoms with E-state index in [4.69, 9.17) is 11.6 Å². The fourth-order valence-corrected chi connectivity index (χ4v) is 0.973. The second kappa shape index (κ2) is 3.74. The van der Waals surface area contributed by atoms with Gasteiger partial charge in [0.15, 0.2) is 0 Å². The van der Waals surface area contributed by atoms with Crippen molar-refractivity contribution < 1.29 is 0 Å². The number of halogens is 1. The van der Waals surface area contributed by atoms with Crippen molar-refractivity contribution in [2.24, 2.45) is 0 Å². The third kappa shape index (κ3) is 2.91. The van der Waals surface area contributed by atoms with Crippen LogP contribution in [0.15, 0.2) is 24.3 Å². The third-order valence-corrected chi connectivity index (χ3v) is 1.53. The van der Waals surface area contributed by atoms with Gasteiger partial charge in [-0.05, 0) is 31.8 Å². The lowest BCUT2D eigenvalue weighted by Gasteiger charge is -2.07. The Bertz CT molecular complexity index is 216. The molecule has 0 spiro atoms. The molecule has 0 fully saturated rings. The van der Waals surface area contributed by atoms with Crippen molar-refractivity contribution in [3.8, 4) is 0 Å². The van der Waals surface area contributed by atoms with Gasteiger partial charge >= 0.3 is 0 Å². The fourth-order valence-electron chi connectivity index (χ4n) is 0.847. The highest BCUT2D eigenvalue weighted by Crippen LogP contribution is 2.11. The van der Waals surface area contributed by atoms with Crippen LogP contribution in [0.25, 0.3) is 0 Å². The van der Waals surface area contributed by atoms with Gasteiger partial charge in [0.2, 0.25) is 0 Å². The summed E-state index contributed by atoms with van der Waals surface area (Å²) >= 11 is 5.72. The molecule has 1 nitrogen and oxygen atoms in total. The number of rotatable bonds is 2. The van der Waals surface area contributed by atoms with Crippen LogP contribution in [0.3, 0.4) is 0 Å². The van der Waals surface area contributed by atoms with Gasteiger partial charge in [0.05, 0.1) is 6.54 Å². The van der Waals surface area contributed by atoms with Crippen molar-refractivity contribution in [3.05, 3.63) is 41.4 Å². The van der Waals surface area contributed by atoms with Gasteiger partial charge in [0, 0.05) is 5.02 Å². The number of nitrogens with zero attached hydrogens (tertiary/aromatic N) is 1. The summed E-state index contributed by atoms with van der Waals surface area (Å²) in [5, 5.41) is 0.779. The summed E-state index contributed by atoms with van der Waals surface area (Å²) in [6.45, 7) is 2.04. The first-order chi connectivity index (χ1) is 5.18. The zero-order valence-electron chi connectivity index (χ0n) is 6.71. The van der Waals surface area contributed by atoms with Gasteiger partial charge < -0.3 is 4.90 Å². The van der Waals surface area contributed by atoms with Crippen LogP contribution in [-0.4, -0.2) is 19.0 Å². The van der Waals surface area contributed by atoms with Crippen molar-refractivity contribution in [2.75, 3.05) is 14.1 Å². The Morgan fingerprint density at radius 1 is 1.18 bits per heavy atom. The first kappa shape index (κ1) is 8.57. The van der Waals surface area contributed by atoms with Crippen LogP contribution >= 0.6 is 11.6 Å². The summed E-state index contributed by atoms with van der Waals surface area (Å²) in [5.74, 6) is 0. The zero-order valence-corrected chi connectivity index (χ0v) is 7.47. The lowest BCUT2D eigenvalue weighted by Crippen LogP contribution is -2.07. The Morgan fingerprint density at radius 3 is 2.18 bits per heavy atom. The van der Waals surface area contributed by atoms with E-state index in [0.717, 1.165) is 5.02 Å². The molecule has 0 aliphatic carbocycles. The maximum Gasteiger partial charge on any atom is 0.0540 e. The molecule has 0 bridgehead atoms. The molecule has 0 saturated heterocycles. The van der Waals surface area contributed by atoms with E-state index in [1.165, 1.54) is 5.56 Å². The Kier molecular flexibility index (Phi) is 2.92. The van der Waals surface area contributed by atoms with Gasteiger partial charge in [0.1, 0.15) is 0 Å². The quantitative estimate of drug-likeness (QED) is 0.656. The second-order valence-corrected chi connectivity index (χ2v) is 3.08. The molecular weight excluding hydrogens is 158 g/mol. The monoisotopic (exact) mass is 168 g/mol. The molecule has 0 atom stereocenters. The first-order valence-corrected chi connectivity index (χ1v) is 3.83. The van der Waals surface area contributed by atoms with E-state index in [2.05, 4.69) is 0 Å². The smallest absolute Gasteiger partial charge is 0.0540 e. The molecule has 0 aromatic heterocycles. The van der Waals surface area contributed by atoms with Gasteiger partial charge in [-0.25, -0.2) is 0 Å². The van der Waals surface area contributed by atoms with Crippen molar-refractivity contribution in [3.63, 3.8) is 0 Å². The topological polar surface area (TPSA) is 3.24 Å². The van der Waals surface area contributed by atoms with Crippen LogP contribution in [-0.2, 0) is 0 Å². The average molecular weight is 169 g/mol. The van der Waals surface area contributed by atoms with Crippen molar-refractivity contribution in [1.29, 1.82) is 0 Å². The fraction of sp³-hybridized carbons (Fsp3) is 0.222. The average Bonchev–Trinajstić information content (AvgIpc) is 1.93. The number of hydrogen-bond donors (Lipinski definition) is 0. The highest BCUT2D eigenvalue weighted by molar-refractivity contribution is 6.30. The Balaban J connectivity index is 2.66. The summed E-state index contributed by atoms with van der Waals surface area (Å²) in [5.41, 5.74) is 1.17. The van der Waals surface area contributed by atoms with Crippen molar-refractivity contribution in [2.45, 2.75) is 0 Å². The predicted molar refractivity (Wildman–Crippen MR) is 48.5 cm³/mol. The van der Waals surface area contributed by atoms with Crippen LogP contribution in [0.2, 0.25) is 5.02 Å². The van der Waals surface area contributed by atoms with Crippen molar-refractivity contribution in [1.82, 2.24) is 4.90 Å². The lowest BCUT2D eigenvalue weighted by molar-refractivity contribution is 0.516. The molecule has 1 aromatic carbocycles. The van der Waals surface area contributed by atoms with Crippen LogP contribution in [0, 0.1) is 6.54 Å². The second-order valence-electron chi connectivity index (χ2n) is 2.64. The number of hydrogen-bond acceptors (Lipinski definition) is 1. The summed E-state index contributed by atoms with van der Waals surface area (Å²) in [4.78, 5) is 2.00. The van der Waals surface area contributed by atoms with Gasteiger partial charge in [-0.3, -0.25) is 0 Å². The largest absolute Gasteiger partial charge is 0.301 e. The van der Waals surface area contributed by atoms with Crippen LogP contribution in [0.5, 0.6) is 0 Å². The van der Waals surface area contributed by atoms with Gasteiger partial charge in [-0.1, -0.05) is 23.7 Å². The molecule has 0 unspecified atom stereocenters. The Morgan fingerprint density at radius 2 is 1.73 bits per heavy atom. The van der Waals surface area contributed by atoms with Crippen LogP contribution < -0.4 is 0 Å². The van der Waals surface area contributed by atoms with E-state index in [1.54, 1.807) is 0 Å². The maximum absolute atomic E-state index is 5.72. The Hall–Kier alpha value is -0.530. The van der Waals surface area contributed by atoms with Crippen LogP contribution in [0.1, 0.15) is 5.56 Å². The number of benzene rings is 1. The molecule has 0 N–H and O–H groups in total. The van der Waals surface area contributed by atoms with Gasteiger partial charge in [-0.2, -0.15) is 0 Å². The molecule has 2 heteroatoms. The summed E-state index contributed by atoms with van der Waals surface area (Å²) in [7, 11) is 3.99.